The first-order valence-corrected chi connectivity index (χ1v) is 4.64. The number of hydrogen-bond donors (Lipinski definition) is 1. The van der Waals surface area contributed by atoms with Gasteiger partial charge in [0.05, 0.1) is 18.4 Å². The Morgan fingerprint density at radius 2 is 1.38 bits per heavy atom. The van der Waals surface area contributed by atoms with Crippen LogP contribution in [0.5, 0.6) is 0 Å². The summed E-state index contributed by atoms with van der Waals surface area (Å²) in [5.41, 5.74) is 6.20. The van der Waals surface area contributed by atoms with Crippen LogP contribution in [0, 0.1) is 11.6 Å². The minimum atomic E-state index is -0.856. The van der Waals surface area contributed by atoms with E-state index in [1.807, 2.05) is 0 Å². The Morgan fingerprint density at radius 3 is 1.75 bits per heavy atom. The Bertz CT molecular complexity index is 457. The van der Waals surface area contributed by atoms with E-state index in [4.69, 9.17) is 5.73 Å². The normalized spacial score (nSPS) is 10.8. The van der Waals surface area contributed by atoms with Gasteiger partial charge in [-0.25, -0.2) is 8.78 Å². The van der Waals surface area contributed by atoms with Crippen LogP contribution >= 0.6 is 0 Å². The molecule has 0 aliphatic heterocycles. The molecule has 2 aromatic heterocycles. The van der Waals surface area contributed by atoms with Crippen LogP contribution in [0.15, 0.2) is 36.9 Å². The molecule has 5 heteroatoms. The van der Waals surface area contributed by atoms with Gasteiger partial charge in [-0.05, 0) is 12.1 Å². The second-order valence-electron chi connectivity index (χ2n) is 3.27. The molecule has 16 heavy (non-hydrogen) atoms. The van der Waals surface area contributed by atoms with Crippen molar-refractivity contribution in [2.45, 2.75) is 6.04 Å². The lowest BCUT2D eigenvalue weighted by atomic mass is 10.0. The maximum absolute atomic E-state index is 13.4. The van der Waals surface area contributed by atoms with Gasteiger partial charge in [0.2, 0.25) is 0 Å². The molecule has 0 aliphatic rings. The molecule has 0 amide bonds. The first-order valence-electron chi connectivity index (χ1n) is 4.64. The Kier molecular flexibility index (Phi) is 2.87. The van der Waals surface area contributed by atoms with Gasteiger partial charge >= 0.3 is 0 Å². The number of nitrogens with two attached hydrogens (primary N) is 1. The molecule has 0 spiro atoms. The first-order chi connectivity index (χ1) is 7.70. The van der Waals surface area contributed by atoms with Crippen molar-refractivity contribution >= 4 is 0 Å². The smallest absolute Gasteiger partial charge is 0.146 e. The third-order valence-electron chi connectivity index (χ3n) is 2.28. The number of halogens is 2. The molecule has 2 aromatic rings. The molecule has 0 aromatic carbocycles. The number of rotatable bonds is 2. The second kappa shape index (κ2) is 4.32. The van der Waals surface area contributed by atoms with Gasteiger partial charge in [-0.2, -0.15) is 0 Å². The van der Waals surface area contributed by atoms with Crippen LogP contribution in [0.1, 0.15) is 17.2 Å². The molecular weight excluding hydrogens is 212 g/mol. The van der Waals surface area contributed by atoms with Crippen molar-refractivity contribution in [3.05, 3.63) is 59.7 Å². The molecule has 0 unspecified atom stereocenters. The predicted octanol–water partition coefficient (Wildman–Crippen LogP) is 1.80. The fraction of sp³-hybridized carbons (Fsp3) is 0.0909. The van der Waals surface area contributed by atoms with Crippen molar-refractivity contribution in [1.29, 1.82) is 0 Å². The lowest BCUT2D eigenvalue weighted by Gasteiger charge is -2.13. The zero-order chi connectivity index (χ0) is 11.5. The summed E-state index contributed by atoms with van der Waals surface area (Å²) in [5, 5.41) is 0. The van der Waals surface area contributed by atoms with E-state index in [0.29, 0.717) is 0 Å². The molecule has 3 nitrogen and oxygen atoms in total. The fourth-order valence-electron chi connectivity index (χ4n) is 1.44. The molecule has 0 atom stereocenters. The zero-order valence-corrected chi connectivity index (χ0v) is 8.27. The third-order valence-corrected chi connectivity index (χ3v) is 2.28. The average Bonchev–Trinajstić information content (AvgIpc) is 2.29. The van der Waals surface area contributed by atoms with Crippen LogP contribution in [-0.2, 0) is 0 Å². The fourth-order valence-corrected chi connectivity index (χ4v) is 1.44. The molecule has 2 rings (SSSR count). The number of aromatic nitrogens is 2. The predicted molar refractivity (Wildman–Crippen MR) is 54.4 cm³/mol. The maximum Gasteiger partial charge on any atom is 0.146 e. The maximum atomic E-state index is 13.4. The van der Waals surface area contributed by atoms with Crippen molar-refractivity contribution in [1.82, 2.24) is 9.97 Å². The number of hydrogen-bond acceptors (Lipinski definition) is 3. The van der Waals surface area contributed by atoms with Crippen molar-refractivity contribution in [3.63, 3.8) is 0 Å². The number of pyridine rings is 2. The summed E-state index contributed by atoms with van der Waals surface area (Å²) in [5.74, 6) is -1.10. The van der Waals surface area contributed by atoms with Crippen LogP contribution in [0.2, 0.25) is 0 Å². The highest BCUT2D eigenvalue weighted by atomic mass is 19.1. The van der Waals surface area contributed by atoms with Gasteiger partial charge in [-0.3, -0.25) is 9.97 Å². The molecular formula is C11H9F2N3. The Hall–Kier alpha value is -1.88. The second-order valence-corrected chi connectivity index (χ2v) is 3.27. The largest absolute Gasteiger partial charge is 0.320 e. The van der Waals surface area contributed by atoms with E-state index >= 15 is 0 Å². The lowest BCUT2D eigenvalue weighted by molar-refractivity contribution is 0.569. The van der Waals surface area contributed by atoms with Gasteiger partial charge in [0, 0.05) is 23.5 Å². The van der Waals surface area contributed by atoms with E-state index < -0.39 is 17.7 Å². The highest BCUT2D eigenvalue weighted by Crippen LogP contribution is 2.22. The van der Waals surface area contributed by atoms with Gasteiger partial charge in [-0.1, -0.05) is 0 Å². The van der Waals surface area contributed by atoms with Gasteiger partial charge < -0.3 is 5.73 Å². The monoisotopic (exact) mass is 221 g/mol. The van der Waals surface area contributed by atoms with E-state index in [0.717, 1.165) is 12.4 Å². The topological polar surface area (TPSA) is 51.8 Å². The van der Waals surface area contributed by atoms with E-state index in [2.05, 4.69) is 9.97 Å². The quantitative estimate of drug-likeness (QED) is 0.841. The van der Waals surface area contributed by atoms with Gasteiger partial charge in [0.1, 0.15) is 11.6 Å². The molecule has 0 radical (unpaired) electrons. The lowest BCUT2D eigenvalue weighted by Crippen LogP contribution is -2.15. The van der Waals surface area contributed by atoms with Crippen molar-refractivity contribution < 1.29 is 8.78 Å². The minimum absolute atomic E-state index is 0.208. The van der Waals surface area contributed by atoms with Crippen LogP contribution in [0.4, 0.5) is 8.78 Å². The molecule has 82 valence electrons. The average molecular weight is 221 g/mol. The summed E-state index contributed by atoms with van der Waals surface area (Å²) in [6, 6.07) is 2.01. The summed E-state index contributed by atoms with van der Waals surface area (Å²) in [6.07, 6.45) is 4.93. The highest BCUT2D eigenvalue weighted by Gasteiger charge is 2.16. The van der Waals surface area contributed by atoms with Gasteiger partial charge in [0.25, 0.3) is 0 Å². The van der Waals surface area contributed by atoms with E-state index in [9.17, 15) is 8.78 Å². The summed E-state index contributed by atoms with van der Waals surface area (Å²) in [7, 11) is 0. The molecule has 2 N–H and O–H groups in total. The SMILES string of the molecule is NC(c1ccncc1F)c1ccncc1F. The Balaban J connectivity index is 2.44. The van der Waals surface area contributed by atoms with Gasteiger partial charge in [0.15, 0.2) is 0 Å². The van der Waals surface area contributed by atoms with E-state index in [1.54, 1.807) is 0 Å². The Morgan fingerprint density at radius 1 is 0.938 bits per heavy atom. The zero-order valence-electron chi connectivity index (χ0n) is 8.27. The Labute approximate surface area is 91.0 Å². The van der Waals surface area contributed by atoms with E-state index in [1.165, 1.54) is 24.5 Å². The highest BCUT2D eigenvalue weighted by molar-refractivity contribution is 5.30. The number of nitrogens with zero attached hydrogens (tertiary/aromatic N) is 2. The van der Waals surface area contributed by atoms with Crippen LogP contribution in [0.25, 0.3) is 0 Å². The molecule has 0 saturated heterocycles. The van der Waals surface area contributed by atoms with Crippen molar-refractivity contribution in [2.24, 2.45) is 5.73 Å². The molecule has 2 heterocycles. The van der Waals surface area contributed by atoms with Crippen LogP contribution in [-0.4, -0.2) is 9.97 Å². The van der Waals surface area contributed by atoms with Crippen LogP contribution in [0.3, 0.4) is 0 Å². The minimum Gasteiger partial charge on any atom is -0.320 e. The van der Waals surface area contributed by atoms with Crippen molar-refractivity contribution in [2.75, 3.05) is 0 Å². The molecule has 0 bridgehead atoms. The molecule has 0 fully saturated rings. The van der Waals surface area contributed by atoms with E-state index in [-0.39, 0.29) is 11.1 Å². The molecule has 0 saturated carbocycles. The van der Waals surface area contributed by atoms with Crippen molar-refractivity contribution in [3.8, 4) is 0 Å². The third kappa shape index (κ3) is 1.90. The molecule has 0 aliphatic carbocycles. The summed E-state index contributed by atoms with van der Waals surface area (Å²) in [6.45, 7) is 0. The van der Waals surface area contributed by atoms with Crippen LogP contribution < -0.4 is 5.73 Å². The summed E-state index contributed by atoms with van der Waals surface area (Å²) >= 11 is 0. The first kappa shape index (κ1) is 10.6. The summed E-state index contributed by atoms with van der Waals surface area (Å²) in [4.78, 5) is 7.21. The summed E-state index contributed by atoms with van der Waals surface area (Å²) < 4.78 is 26.8. The van der Waals surface area contributed by atoms with Gasteiger partial charge in [-0.15, -0.1) is 0 Å². The standard InChI is InChI=1S/C11H9F2N3/c12-9-5-15-3-1-7(9)11(14)8-2-4-16-6-10(8)13/h1-6,11H,14H2.